The Kier molecular flexibility index (Phi) is 4.67. The number of ketones is 1. The lowest BCUT2D eigenvalue weighted by molar-refractivity contribution is -0.0508. The molecule has 5 heteroatoms. The van der Waals surface area contributed by atoms with Crippen molar-refractivity contribution >= 4 is 5.78 Å². The Bertz CT molecular complexity index is 694. The van der Waals surface area contributed by atoms with E-state index < -0.39 is 0 Å². The third-order valence-electron chi connectivity index (χ3n) is 3.72. The van der Waals surface area contributed by atoms with E-state index in [1.807, 2.05) is 32.0 Å². The van der Waals surface area contributed by atoms with E-state index in [0.717, 1.165) is 30.2 Å². The minimum Gasteiger partial charge on any atom is -0.493 e. The van der Waals surface area contributed by atoms with E-state index in [9.17, 15) is 4.79 Å². The van der Waals surface area contributed by atoms with Crippen LogP contribution in [0.1, 0.15) is 27.4 Å². The average Bonchev–Trinajstić information content (AvgIpc) is 2.47. The van der Waals surface area contributed by atoms with Crippen molar-refractivity contribution in [1.82, 2.24) is 9.97 Å². The van der Waals surface area contributed by atoms with E-state index in [-0.39, 0.29) is 12.2 Å². The summed E-state index contributed by atoms with van der Waals surface area (Å²) in [6.07, 6.45) is 2.01. The first-order valence-electron chi connectivity index (χ1n) is 7.74. The summed E-state index contributed by atoms with van der Waals surface area (Å²) in [6, 6.07) is 7.38. The number of rotatable bonds is 6. The Morgan fingerprint density at radius 2 is 2.13 bits per heavy atom. The molecule has 0 spiro atoms. The molecule has 23 heavy (non-hydrogen) atoms. The second-order valence-electron chi connectivity index (χ2n) is 5.97. The van der Waals surface area contributed by atoms with Crippen molar-refractivity contribution in [2.75, 3.05) is 19.8 Å². The second kappa shape index (κ2) is 6.87. The van der Waals surface area contributed by atoms with Gasteiger partial charge in [-0.3, -0.25) is 9.78 Å². The Balaban J connectivity index is 1.68. The highest BCUT2D eigenvalue weighted by molar-refractivity contribution is 5.95. The smallest absolute Gasteiger partial charge is 0.187 e. The molecule has 0 unspecified atom stereocenters. The van der Waals surface area contributed by atoms with Crippen molar-refractivity contribution < 1.29 is 14.3 Å². The summed E-state index contributed by atoms with van der Waals surface area (Å²) in [7, 11) is 0. The first-order chi connectivity index (χ1) is 11.1. The quantitative estimate of drug-likeness (QED) is 0.767. The molecule has 0 aliphatic carbocycles. The molecule has 1 fully saturated rings. The minimum atomic E-state index is -0.0538. The maximum absolute atomic E-state index is 12.4. The molecule has 0 radical (unpaired) electrons. The Labute approximate surface area is 135 Å². The van der Waals surface area contributed by atoms with Crippen LogP contribution in [0.3, 0.4) is 0 Å². The van der Waals surface area contributed by atoms with Crippen LogP contribution in [-0.2, 0) is 11.2 Å². The SMILES string of the molecule is Cc1ccc(CC(=O)c2cc(OCC3COC3)cc(C)n2)nc1. The Hall–Kier alpha value is -2.27. The molecule has 0 N–H and O–H groups in total. The van der Waals surface area contributed by atoms with Crippen LogP contribution in [0.4, 0.5) is 0 Å². The van der Waals surface area contributed by atoms with Gasteiger partial charge in [0.1, 0.15) is 11.4 Å². The first-order valence-corrected chi connectivity index (χ1v) is 7.74. The highest BCUT2D eigenvalue weighted by Crippen LogP contribution is 2.18. The zero-order chi connectivity index (χ0) is 16.2. The molecule has 120 valence electrons. The van der Waals surface area contributed by atoms with Gasteiger partial charge in [0, 0.05) is 35.6 Å². The number of pyridine rings is 2. The molecule has 0 atom stereocenters. The number of hydrogen-bond donors (Lipinski definition) is 0. The number of hydrogen-bond acceptors (Lipinski definition) is 5. The monoisotopic (exact) mass is 312 g/mol. The van der Waals surface area contributed by atoms with E-state index in [4.69, 9.17) is 9.47 Å². The number of aryl methyl sites for hydroxylation is 2. The highest BCUT2D eigenvalue weighted by Gasteiger charge is 2.19. The van der Waals surface area contributed by atoms with Gasteiger partial charge >= 0.3 is 0 Å². The van der Waals surface area contributed by atoms with Crippen LogP contribution in [0.15, 0.2) is 30.5 Å². The molecular weight excluding hydrogens is 292 g/mol. The highest BCUT2D eigenvalue weighted by atomic mass is 16.5. The van der Waals surface area contributed by atoms with Crippen molar-refractivity contribution in [3.63, 3.8) is 0 Å². The lowest BCUT2D eigenvalue weighted by Gasteiger charge is -2.25. The molecule has 0 amide bonds. The van der Waals surface area contributed by atoms with Crippen molar-refractivity contribution in [3.8, 4) is 5.75 Å². The third kappa shape index (κ3) is 4.13. The lowest BCUT2D eigenvalue weighted by atomic mass is 10.1. The lowest BCUT2D eigenvalue weighted by Crippen LogP contribution is -2.32. The molecule has 0 aromatic carbocycles. The van der Waals surface area contributed by atoms with E-state index in [2.05, 4.69) is 9.97 Å². The fourth-order valence-electron chi connectivity index (χ4n) is 2.32. The van der Waals surface area contributed by atoms with E-state index in [0.29, 0.717) is 24.0 Å². The van der Waals surface area contributed by atoms with E-state index >= 15 is 0 Å². The predicted octanol–water partition coefficient (Wildman–Crippen LogP) is 2.54. The minimum absolute atomic E-state index is 0.0538. The summed E-state index contributed by atoms with van der Waals surface area (Å²) < 4.78 is 10.9. The van der Waals surface area contributed by atoms with Gasteiger partial charge in [-0.25, -0.2) is 4.98 Å². The summed E-state index contributed by atoms with van der Waals surface area (Å²) in [4.78, 5) is 21.0. The molecule has 5 nitrogen and oxygen atoms in total. The van der Waals surface area contributed by atoms with Gasteiger partial charge < -0.3 is 9.47 Å². The standard InChI is InChI=1S/C18H20N2O3/c1-12-3-4-15(19-8-12)6-18(21)17-7-16(5-13(2)20-17)23-11-14-9-22-10-14/h3-5,7-8,14H,6,9-11H2,1-2H3. The number of Topliss-reactive ketones (excluding diaryl/α,β-unsaturated/α-hetero) is 1. The van der Waals surface area contributed by atoms with Gasteiger partial charge in [0.2, 0.25) is 0 Å². The van der Waals surface area contributed by atoms with E-state index in [1.54, 1.807) is 12.3 Å². The zero-order valence-electron chi connectivity index (χ0n) is 13.4. The van der Waals surface area contributed by atoms with Gasteiger partial charge in [0.05, 0.1) is 26.2 Å². The molecule has 1 aliphatic heterocycles. The summed E-state index contributed by atoms with van der Waals surface area (Å²) in [5, 5.41) is 0. The van der Waals surface area contributed by atoms with Gasteiger partial charge in [-0.2, -0.15) is 0 Å². The molecule has 0 saturated carbocycles. The maximum atomic E-state index is 12.4. The van der Waals surface area contributed by atoms with Gasteiger partial charge in [0.25, 0.3) is 0 Å². The largest absolute Gasteiger partial charge is 0.493 e. The normalized spacial score (nSPS) is 14.3. The fourth-order valence-corrected chi connectivity index (χ4v) is 2.32. The van der Waals surface area contributed by atoms with Crippen LogP contribution in [0.5, 0.6) is 5.75 Å². The fraction of sp³-hybridized carbons (Fsp3) is 0.389. The van der Waals surface area contributed by atoms with Gasteiger partial charge in [-0.1, -0.05) is 6.07 Å². The molecule has 2 aromatic heterocycles. The zero-order valence-corrected chi connectivity index (χ0v) is 13.4. The molecule has 1 saturated heterocycles. The molecule has 2 aromatic rings. The van der Waals surface area contributed by atoms with Crippen molar-refractivity contribution in [1.29, 1.82) is 0 Å². The number of carbonyl (C=O) groups is 1. The van der Waals surface area contributed by atoms with Crippen LogP contribution in [0.2, 0.25) is 0 Å². The second-order valence-corrected chi connectivity index (χ2v) is 5.97. The number of carbonyl (C=O) groups excluding carboxylic acids is 1. The average molecular weight is 312 g/mol. The van der Waals surface area contributed by atoms with Crippen LogP contribution in [0.25, 0.3) is 0 Å². The van der Waals surface area contributed by atoms with Crippen molar-refractivity contribution in [2.24, 2.45) is 5.92 Å². The first kappa shape index (κ1) is 15.6. The predicted molar refractivity (Wildman–Crippen MR) is 85.8 cm³/mol. The van der Waals surface area contributed by atoms with Crippen LogP contribution < -0.4 is 4.74 Å². The summed E-state index contributed by atoms with van der Waals surface area (Å²) in [6.45, 7) is 5.93. The van der Waals surface area contributed by atoms with Gasteiger partial charge in [-0.05, 0) is 25.5 Å². The number of nitrogens with zero attached hydrogens (tertiary/aromatic N) is 2. The molecule has 3 rings (SSSR count). The molecule has 3 heterocycles. The summed E-state index contributed by atoms with van der Waals surface area (Å²) in [5.74, 6) is 1.07. The van der Waals surface area contributed by atoms with Crippen LogP contribution in [-0.4, -0.2) is 35.6 Å². The molecular formula is C18H20N2O3. The summed E-state index contributed by atoms with van der Waals surface area (Å²) >= 11 is 0. The van der Waals surface area contributed by atoms with Crippen LogP contribution >= 0.6 is 0 Å². The molecule has 0 bridgehead atoms. The van der Waals surface area contributed by atoms with Crippen molar-refractivity contribution in [3.05, 3.63) is 53.1 Å². The van der Waals surface area contributed by atoms with Gasteiger partial charge in [0.15, 0.2) is 5.78 Å². The third-order valence-corrected chi connectivity index (χ3v) is 3.72. The number of aromatic nitrogens is 2. The van der Waals surface area contributed by atoms with Gasteiger partial charge in [-0.15, -0.1) is 0 Å². The summed E-state index contributed by atoms with van der Waals surface area (Å²) in [5.41, 5.74) is 3.02. The molecule has 1 aliphatic rings. The maximum Gasteiger partial charge on any atom is 0.187 e. The topological polar surface area (TPSA) is 61.3 Å². The van der Waals surface area contributed by atoms with E-state index in [1.165, 1.54) is 0 Å². The Morgan fingerprint density at radius 1 is 1.30 bits per heavy atom. The number of ether oxygens (including phenoxy) is 2. The van der Waals surface area contributed by atoms with Crippen LogP contribution in [0, 0.1) is 19.8 Å². The van der Waals surface area contributed by atoms with Crippen molar-refractivity contribution in [2.45, 2.75) is 20.3 Å². The Morgan fingerprint density at radius 3 is 2.78 bits per heavy atom.